The molecule has 5 rings (SSSR count). The molecule has 160 valence electrons. The van der Waals surface area contributed by atoms with Gasteiger partial charge in [-0.2, -0.15) is 0 Å². The fourth-order valence-electron chi connectivity index (χ4n) is 4.38. The summed E-state index contributed by atoms with van der Waals surface area (Å²) in [5, 5.41) is 0. The molecule has 0 N–H and O–H groups in total. The third kappa shape index (κ3) is 4.10. The summed E-state index contributed by atoms with van der Waals surface area (Å²) in [7, 11) is 1.68. The van der Waals surface area contributed by atoms with Gasteiger partial charge in [0.15, 0.2) is 6.23 Å². The molecule has 4 heteroatoms. The standard InChI is InChI=1S/C28H26N2O2/c1-31-25-16-14-24(15-17-25)30(23-10-3-2-4-11-23)28(22-9-7-19-29-20-22)32-27-18-13-21-8-5-6-12-26(21)27/h2-12,14-17,19-20,27-28H,13,18H2,1H3. The van der Waals surface area contributed by atoms with E-state index >= 15 is 0 Å². The normalized spacial score (nSPS) is 15.7. The average Bonchev–Trinajstić information content (AvgIpc) is 3.28. The Morgan fingerprint density at radius 1 is 0.844 bits per heavy atom. The Balaban J connectivity index is 1.59. The number of para-hydroxylation sites is 1. The highest BCUT2D eigenvalue weighted by atomic mass is 16.5. The number of pyridine rings is 1. The van der Waals surface area contributed by atoms with Gasteiger partial charge in [-0.1, -0.05) is 48.5 Å². The molecule has 0 amide bonds. The number of hydrogen-bond acceptors (Lipinski definition) is 4. The molecule has 1 aliphatic carbocycles. The minimum Gasteiger partial charge on any atom is -0.497 e. The van der Waals surface area contributed by atoms with Gasteiger partial charge in [0.25, 0.3) is 0 Å². The van der Waals surface area contributed by atoms with Crippen LogP contribution in [0.15, 0.2) is 103 Å². The predicted octanol–water partition coefficient (Wildman–Crippen LogP) is 6.63. The molecule has 0 fully saturated rings. The highest BCUT2D eigenvalue weighted by molar-refractivity contribution is 5.65. The first-order valence-electron chi connectivity index (χ1n) is 10.9. The van der Waals surface area contributed by atoms with E-state index in [0.717, 1.165) is 35.5 Å². The Morgan fingerprint density at radius 3 is 2.34 bits per heavy atom. The van der Waals surface area contributed by atoms with Crippen LogP contribution < -0.4 is 9.64 Å². The van der Waals surface area contributed by atoms with Crippen LogP contribution in [0, 0.1) is 0 Å². The van der Waals surface area contributed by atoms with Crippen LogP contribution in [-0.4, -0.2) is 12.1 Å². The molecule has 2 unspecified atom stereocenters. The van der Waals surface area contributed by atoms with Gasteiger partial charge in [-0.05, 0) is 66.4 Å². The van der Waals surface area contributed by atoms with Gasteiger partial charge in [0.1, 0.15) is 5.75 Å². The van der Waals surface area contributed by atoms with Gasteiger partial charge in [-0.15, -0.1) is 0 Å². The first-order valence-corrected chi connectivity index (χ1v) is 10.9. The first-order chi connectivity index (χ1) is 15.8. The first kappa shape index (κ1) is 20.3. The molecule has 0 saturated heterocycles. The van der Waals surface area contributed by atoms with E-state index < -0.39 is 0 Å². The van der Waals surface area contributed by atoms with E-state index in [1.165, 1.54) is 11.1 Å². The fraction of sp³-hybridized carbons (Fsp3) is 0.179. The lowest BCUT2D eigenvalue weighted by Crippen LogP contribution is -2.27. The summed E-state index contributed by atoms with van der Waals surface area (Å²) in [6, 6.07) is 31.1. The Kier molecular flexibility index (Phi) is 5.86. The number of methoxy groups -OCH3 is 1. The topological polar surface area (TPSA) is 34.6 Å². The van der Waals surface area contributed by atoms with Gasteiger partial charge in [-0.25, -0.2) is 0 Å². The summed E-state index contributed by atoms with van der Waals surface area (Å²) in [6.45, 7) is 0. The second-order valence-corrected chi connectivity index (χ2v) is 7.90. The molecule has 0 aliphatic heterocycles. The number of anilines is 2. The van der Waals surface area contributed by atoms with Crippen LogP contribution in [0.3, 0.4) is 0 Å². The zero-order valence-corrected chi connectivity index (χ0v) is 18.1. The maximum Gasteiger partial charge on any atom is 0.162 e. The van der Waals surface area contributed by atoms with E-state index in [0.29, 0.717) is 0 Å². The van der Waals surface area contributed by atoms with Crippen molar-refractivity contribution in [3.05, 3.63) is 120 Å². The molecule has 4 nitrogen and oxygen atoms in total. The summed E-state index contributed by atoms with van der Waals surface area (Å²) in [6.07, 6.45) is 5.39. The van der Waals surface area contributed by atoms with Crippen LogP contribution in [0.1, 0.15) is 35.4 Å². The van der Waals surface area contributed by atoms with Crippen LogP contribution in [0.25, 0.3) is 0 Å². The summed E-state index contributed by atoms with van der Waals surface area (Å²) >= 11 is 0. The van der Waals surface area contributed by atoms with Gasteiger partial charge >= 0.3 is 0 Å². The van der Waals surface area contributed by atoms with E-state index in [-0.39, 0.29) is 12.3 Å². The third-order valence-corrected chi connectivity index (χ3v) is 5.96. The lowest BCUT2D eigenvalue weighted by Gasteiger charge is -2.35. The monoisotopic (exact) mass is 422 g/mol. The number of nitrogens with zero attached hydrogens (tertiary/aromatic N) is 2. The molecule has 3 aromatic carbocycles. The van der Waals surface area contributed by atoms with E-state index in [1.807, 2.05) is 30.5 Å². The van der Waals surface area contributed by atoms with E-state index in [9.17, 15) is 0 Å². The van der Waals surface area contributed by atoms with Crippen molar-refractivity contribution in [3.8, 4) is 5.75 Å². The van der Waals surface area contributed by atoms with Crippen molar-refractivity contribution in [1.29, 1.82) is 0 Å². The van der Waals surface area contributed by atoms with Gasteiger partial charge < -0.3 is 14.4 Å². The van der Waals surface area contributed by atoms with Gasteiger partial charge in [0.2, 0.25) is 0 Å². The summed E-state index contributed by atoms with van der Waals surface area (Å²) in [5.74, 6) is 0.824. The minimum absolute atomic E-state index is 0.0286. The summed E-state index contributed by atoms with van der Waals surface area (Å²) < 4.78 is 12.3. The SMILES string of the molecule is COc1ccc(N(c2ccccc2)C(OC2CCc3ccccc32)c2cccnc2)cc1. The Labute approximate surface area is 189 Å². The van der Waals surface area contributed by atoms with Crippen LogP contribution in [0.5, 0.6) is 5.75 Å². The molecule has 0 bridgehead atoms. The Bertz CT molecular complexity index is 1150. The van der Waals surface area contributed by atoms with Gasteiger partial charge in [-0.3, -0.25) is 4.98 Å². The van der Waals surface area contributed by atoms with Gasteiger partial charge in [0, 0.05) is 29.3 Å². The van der Waals surface area contributed by atoms with E-state index in [4.69, 9.17) is 9.47 Å². The largest absolute Gasteiger partial charge is 0.497 e. The molecule has 1 heterocycles. The van der Waals surface area contributed by atoms with Crippen LogP contribution >= 0.6 is 0 Å². The van der Waals surface area contributed by atoms with Crippen molar-refractivity contribution in [2.24, 2.45) is 0 Å². The van der Waals surface area contributed by atoms with Crippen molar-refractivity contribution >= 4 is 11.4 Å². The second kappa shape index (κ2) is 9.25. The molecule has 32 heavy (non-hydrogen) atoms. The van der Waals surface area contributed by atoms with Crippen LogP contribution in [0.4, 0.5) is 11.4 Å². The molecule has 0 radical (unpaired) electrons. The van der Waals surface area contributed by atoms with E-state index in [2.05, 4.69) is 76.6 Å². The molecular formula is C28H26N2O2. The summed E-state index contributed by atoms with van der Waals surface area (Å²) in [5.41, 5.74) is 5.74. The second-order valence-electron chi connectivity index (χ2n) is 7.90. The lowest BCUT2D eigenvalue weighted by molar-refractivity contribution is -0.0105. The number of aryl methyl sites for hydroxylation is 1. The zero-order valence-electron chi connectivity index (χ0n) is 18.1. The molecule has 0 saturated carbocycles. The molecular weight excluding hydrogens is 396 g/mol. The van der Waals surface area contributed by atoms with Crippen LogP contribution in [-0.2, 0) is 11.2 Å². The number of rotatable bonds is 7. The molecule has 0 spiro atoms. The maximum absolute atomic E-state index is 6.91. The molecule has 1 aromatic heterocycles. The molecule has 2 atom stereocenters. The third-order valence-electron chi connectivity index (χ3n) is 5.96. The van der Waals surface area contributed by atoms with Crippen molar-refractivity contribution in [3.63, 3.8) is 0 Å². The minimum atomic E-state index is -0.337. The quantitative estimate of drug-likeness (QED) is 0.313. The predicted molar refractivity (Wildman–Crippen MR) is 127 cm³/mol. The van der Waals surface area contributed by atoms with Crippen molar-refractivity contribution in [2.45, 2.75) is 25.2 Å². The zero-order chi connectivity index (χ0) is 21.8. The highest BCUT2D eigenvalue weighted by Crippen LogP contribution is 2.42. The van der Waals surface area contributed by atoms with Crippen molar-refractivity contribution in [2.75, 3.05) is 12.0 Å². The number of fused-ring (bicyclic) bond motifs is 1. The number of benzene rings is 3. The van der Waals surface area contributed by atoms with E-state index in [1.54, 1.807) is 13.3 Å². The average molecular weight is 423 g/mol. The van der Waals surface area contributed by atoms with Gasteiger partial charge in [0.05, 0.1) is 13.2 Å². The lowest BCUT2D eigenvalue weighted by atomic mass is 10.1. The Morgan fingerprint density at radius 2 is 1.59 bits per heavy atom. The molecule has 1 aliphatic rings. The van der Waals surface area contributed by atoms with Crippen LogP contribution in [0.2, 0.25) is 0 Å². The molecule has 4 aromatic rings. The fourth-order valence-corrected chi connectivity index (χ4v) is 4.38. The highest BCUT2D eigenvalue weighted by Gasteiger charge is 2.31. The Hall–Kier alpha value is -3.63. The number of aromatic nitrogens is 1. The van der Waals surface area contributed by atoms with Crippen molar-refractivity contribution in [1.82, 2.24) is 4.98 Å². The van der Waals surface area contributed by atoms with Crippen molar-refractivity contribution < 1.29 is 9.47 Å². The number of ether oxygens (including phenoxy) is 2. The maximum atomic E-state index is 6.91. The summed E-state index contributed by atoms with van der Waals surface area (Å²) in [4.78, 5) is 6.63. The number of hydrogen-bond donors (Lipinski definition) is 0. The smallest absolute Gasteiger partial charge is 0.162 e.